The Morgan fingerprint density at radius 3 is 2.48 bits per heavy atom. The van der Waals surface area contributed by atoms with Crippen molar-refractivity contribution < 1.29 is 23.9 Å². The molecular weight excluding hydrogens is 318 g/mol. The number of anilines is 1. The summed E-state index contributed by atoms with van der Waals surface area (Å²) < 4.78 is 9.38. The van der Waals surface area contributed by atoms with Gasteiger partial charge in [0.15, 0.2) is 0 Å². The van der Waals surface area contributed by atoms with Crippen molar-refractivity contribution in [2.24, 2.45) is 0 Å². The normalized spacial score (nSPS) is 10.0. The van der Waals surface area contributed by atoms with E-state index in [9.17, 15) is 14.4 Å². The van der Waals surface area contributed by atoms with Gasteiger partial charge in [0.1, 0.15) is 4.88 Å². The van der Waals surface area contributed by atoms with E-state index in [2.05, 4.69) is 10.1 Å². The number of methoxy groups -OCH3 is 1. The Balaban J connectivity index is 2.42. The van der Waals surface area contributed by atoms with Crippen molar-refractivity contribution in [2.75, 3.05) is 19.0 Å². The maximum absolute atomic E-state index is 11.9. The number of carbonyl (C=O) groups is 3. The van der Waals surface area contributed by atoms with Crippen LogP contribution in [0.2, 0.25) is 0 Å². The Hall–Kier alpha value is -2.67. The molecule has 0 fully saturated rings. The molecule has 0 bridgehead atoms. The SMILES string of the molecule is CCOC(=O)C(=O)Nc1c(-c2ccccc2)csc1C(=O)OC. The molecule has 2 rings (SSSR count). The van der Waals surface area contributed by atoms with Crippen molar-refractivity contribution in [1.29, 1.82) is 0 Å². The van der Waals surface area contributed by atoms with Gasteiger partial charge in [0.2, 0.25) is 0 Å². The van der Waals surface area contributed by atoms with Crippen LogP contribution in [0, 0.1) is 0 Å². The minimum absolute atomic E-state index is 0.0886. The average molecular weight is 333 g/mol. The molecule has 1 amide bonds. The molecule has 6 nitrogen and oxygen atoms in total. The van der Waals surface area contributed by atoms with E-state index in [1.807, 2.05) is 30.3 Å². The van der Waals surface area contributed by atoms with Crippen LogP contribution in [0.3, 0.4) is 0 Å². The molecule has 2 aromatic rings. The van der Waals surface area contributed by atoms with Gasteiger partial charge in [0, 0.05) is 10.9 Å². The van der Waals surface area contributed by atoms with Crippen molar-refractivity contribution in [3.8, 4) is 11.1 Å². The molecule has 120 valence electrons. The van der Waals surface area contributed by atoms with Crippen molar-refractivity contribution in [3.63, 3.8) is 0 Å². The standard InChI is InChI=1S/C16H15NO5S/c1-3-22-16(20)14(18)17-12-11(10-7-5-4-6-8-10)9-23-13(12)15(19)21-2/h4-9H,3H2,1-2H3,(H,17,18). The van der Waals surface area contributed by atoms with Crippen LogP contribution < -0.4 is 5.32 Å². The predicted octanol–water partition coefficient (Wildman–Crippen LogP) is 2.70. The van der Waals surface area contributed by atoms with Crippen LogP contribution in [-0.2, 0) is 19.1 Å². The fraction of sp³-hybridized carbons (Fsp3) is 0.188. The Bertz CT molecular complexity index is 723. The van der Waals surface area contributed by atoms with Gasteiger partial charge >= 0.3 is 17.8 Å². The van der Waals surface area contributed by atoms with Crippen LogP contribution in [0.25, 0.3) is 11.1 Å². The van der Waals surface area contributed by atoms with E-state index in [1.165, 1.54) is 7.11 Å². The molecule has 1 aromatic heterocycles. The van der Waals surface area contributed by atoms with E-state index in [0.29, 0.717) is 5.56 Å². The van der Waals surface area contributed by atoms with Crippen LogP contribution in [0.1, 0.15) is 16.6 Å². The molecule has 0 aliphatic carbocycles. The maximum atomic E-state index is 11.9. The first-order chi connectivity index (χ1) is 11.1. The largest absolute Gasteiger partial charge is 0.465 e. The van der Waals surface area contributed by atoms with Gasteiger partial charge in [0.05, 0.1) is 19.4 Å². The molecule has 0 unspecified atom stereocenters. The average Bonchev–Trinajstić information content (AvgIpc) is 2.98. The molecule has 0 aliphatic heterocycles. The second-order valence-electron chi connectivity index (χ2n) is 4.39. The second kappa shape index (κ2) is 7.55. The summed E-state index contributed by atoms with van der Waals surface area (Å²) in [6, 6.07) is 9.20. The summed E-state index contributed by atoms with van der Waals surface area (Å²) in [5.41, 5.74) is 1.68. The van der Waals surface area contributed by atoms with Gasteiger partial charge in [-0.05, 0) is 12.5 Å². The van der Waals surface area contributed by atoms with Gasteiger partial charge in [-0.1, -0.05) is 30.3 Å². The summed E-state index contributed by atoms with van der Waals surface area (Å²) in [7, 11) is 1.25. The molecule has 1 heterocycles. The van der Waals surface area contributed by atoms with Crippen LogP contribution in [-0.4, -0.2) is 31.6 Å². The number of thiophene rings is 1. The molecule has 7 heteroatoms. The zero-order valence-electron chi connectivity index (χ0n) is 12.6. The summed E-state index contributed by atoms with van der Waals surface area (Å²) in [6.07, 6.45) is 0. The number of benzene rings is 1. The van der Waals surface area contributed by atoms with E-state index in [4.69, 9.17) is 4.74 Å². The highest BCUT2D eigenvalue weighted by atomic mass is 32.1. The van der Waals surface area contributed by atoms with Crippen molar-refractivity contribution in [3.05, 3.63) is 40.6 Å². The monoisotopic (exact) mass is 333 g/mol. The summed E-state index contributed by atoms with van der Waals surface area (Å²) >= 11 is 1.13. The third kappa shape index (κ3) is 3.75. The maximum Gasteiger partial charge on any atom is 0.397 e. The van der Waals surface area contributed by atoms with E-state index in [-0.39, 0.29) is 17.2 Å². The number of hydrogen-bond acceptors (Lipinski definition) is 6. The summed E-state index contributed by atoms with van der Waals surface area (Å²) in [5.74, 6) is -2.53. The van der Waals surface area contributed by atoms with Gasteiger partial charge in [0.25, 0.3) is 0 Å². The number of nitrogens with one attached hydrogen (secondary N) is 1. The number of amides is 1. The number of esters is 2. The molecule has 1 aromatic carbocycles. The predicted molar refractivity (Wildman–Crippen MR) is 86.4 cm³/mol. The first-order valence-corrected chi connectivity index (χ1v) is 7.69. The minimum atomic E-state index is -1.01. The molecule has 0 saturated carbocycles. The molecular formula is C16H15NO5S. The Morgan fingerprint density at radius 2 is 1.87 bits per heavy atom. The Morgan fingerprint density at radius 1 is 1.17 bits per heavy atom. The van der Waals surface area contributed by atoms with E-state index < -0.39 is 17.8 Å². The molecule has 23 heavy (non-hydrogen) atoms. The topological polar surface area (TPSA) is 81.7 Å². The second-order valence-corrected chi connectivity index (χ2v) is 5.27. The first kappa shape index (κ1) is 16.7. The number of rotatable bonds is 4. The summed E-state index contributed by atoms with van der Waals surface area (Å²) in [4.78, 5) is 35.5. The zero-order valence-corrected chi connectivity index (χ0v) is 13.4. The summed E-state index contributed by atoms with van der Waals surface area (Å²) in [5, 5.41) is 4.18. The van der Waals surface area contributed by atoms with E-state index in [0.717, 1.165) is 16.9 Å². The molecule has 0 spiro atoms. The third-order valence-corrected chi connectivity index (χ3v) is 3.91. The van der Waals surface area contributed by atoms with Crippen LogP contribution in [0.5, 0.6) is 0 Å². The van der Waals surface area contributed by atoms with Gasteiger partial charge in [-0.15, -0.1) is 11.3 Å². The van der Waals surface area contributed by atoms with Crippen molar-refractivity contribution in [1.82, 2.24) is 0 Å². The third-order valence-electron chi connectivity index (χ3n) is 2.95. The molecule has 0 aliphatic rings. The highest BCUT2D eigenvalue weighted by molar-refractivity contribution is 7.13. The van der Waals surface area contributed by atoms with E-state index >= 15 is 0 Å². The smallest absolute Gasteiger partial charge is 0.397 e. The first-order valence-electron chi connectivity index (χ1n) is 6.81. The van der Waals surface area contributed by atoms with Gasteiger partial charge in [-0.2, -0.15) is 0 Å². The minimum Gasteiger partial charge on any atom is -0.465 e. The number of ether oxygens (including phenoxy) is 2. The fourth-order valence-corrected chi connectivity index (χ4v) is 2.86. The highest BCUT2D eigenvalue weighted by Gasteiger charge is 2.24. The highest BCUT2D eigenvalue weighted by Crippen LogP contribution is 2.36. The van der Waals surface area contributed by atoms with Crippen molar-refractivity contribution in [2.45, 2.75) is 6.92 Å². The lowest BCUT2D eigenvalue weighted by Gasteiger charge is -2.08. The van der Waals surface area contributed by atoms with Crippen LogP contribution in [0.15, 0.2) is 35.7 Å². The molecule has 0 atom stereocenters. The lowest BCUT2D eigenvalue weighted by atomic mass is 10.1. The van der Waals surface area contributed by atoms with Gasteiger partial charge in [-0.25, -0.2) is 9.59 Å². The van der Waals surface area contributed by atoms with Crippen molar-refractivity contribution >= 4 is 34.9 Å². The number of hydrogen-bond donors (Lipinski definition) is 1. The fourth-order valence-electron chi connectivity index (χ4n) is 1.92. The van der Waals surface area contributed by atoms with Crippen LogP contribution >= 0.6 is 11.3 Å². The Labute approximate surface area is 137 Å². The van der Waals surface area contributed by atoms with Crippen LogP contribution in [0.4, 0.5) is 5.69 Å². The van der Waals surface area contributed by atoms with E-state index in [1.54, 1.807) is 12.3 Å². The van der Waals surface area contributed by atoms with Gasteiger partial charge in [-0.3, -0.25) is 4.79 Å². The lowest BCUT2D eigenvalue weighted by Crippen LogP contribution is -2.25. The Kier molecular flexibility index (Phi) is 5.48. The summed E-state index contributed by atoms with van der Waals surface area (Å²) in [6.45, 7) is 1.69. The molecule has 0 radical (unpaired) electrons. The quantitative estimate of drug-likeness (QED) is 0.687. The number of carbonyl (C=O) groups excluding carboxylic acids is 3. The zero-order chi connectivity index (χ0) is 16.8. The lowest BCUT2D eigenvalue weighted by molar-refractivity contribution is -0.152. The van der Waals surface area contributed by atoms with Gasteiger partial charge < -0.3 is 14.8 Å². The molecule has 1 N–H and O–H groups in total. The molecule has 0 saturated heterocycles.